The maximum atomic E-state index is 16.0. The fourth-order valence-electron chi connectivity index (χ4n) is 3.75. The van der Waals surface area contributed by atoms with Crippen LogP contribution in [0.1, 0.15) is 66.9 Å². The van der Waals surface area contributed by atoms with Crippen molar-refractivity contribution in [1.82, 2.24) is 4.57 Å². The van der Waals surface area contributed by atoms with Crippen LogP contribution in [0.5, 0.6) is 0 Å². The highest BCUT2D eigenvalue weighted by molar-refractivity contribution is 5.62. The molecule has 1 aliphatic heterocycles. The maximum absolute atomic E-state index is 16.0. The summed E-state index contributed by atoms with van der Waals surface area (Å²) in [4.78, 5) is 0. The van der Waals surface area contributed by atoms with Gasteiger partial charge in [0.05, 0.1) is 18.0 Å². The largest absolute Gasteiger partial charge is 0.317 e. The SMILES string of the molecule is CC.CC.CCC1(C)c2ccccc2-c2n(C)c(F)c[n+]2[C@]1(F)CC. The first-order valence-corrected chi connectivity index (χ1v) is 9.47. The van der Waals surface area contributed by atoms with E-state index in [0.29, 0.717) is 18.7 Å². The van der Waals surface area contributed by atoms with Gasteiger partial charge in [-0.2, -0.15) is 13.3 Å². The van der Waals surface area contributed by atoms with Gasteiger partial charge < -0.3 is 0 Å². The van der Waals surface area contributed by atoms with E-state index < -0.39 is 17.2 Å². The third kappa shape index (κ3) is 2.90. The van der Waals surface area contributed by atoms with E-state index in [2.05, 4.69) is 0 Å². The van der Waals surface area contributed by atoms with Gasteiger partial charge >= 0.3 is 5.95 Å². The topological polar surface area (TPSA) is 8.81 Å². The Morgan fingerprint density at radius 3 is 2.12 bits per heavy atom. The normalized spacial score (nSPS) is 23.4. The van der Waals surface area contributed by atoms with E-state index >= 15 is 4.39 Å². The monoisotopic (exact) mass is 351 g/mol. The molecule has 1 aliphatic rings. The maximum Gasteiger partial charge on any atom is 0.317 e. The molecule has 1 unspecified atom stereocenters. The molecule has 2 nitrogen and oxygen atoms in total. The lowest BCUT2D eigenvalue weighted by Crippen LogP contribution is -2.66. The Morgan fingerprint density at radius 1 is 1.04 bits per heavy atom. The first-order chi connectivity index (χ1) is 11.9. The molecule has 0 amide bonds. The molecule has 0 radical (unpaired) electrons. The molecule has 2 aromatic rings. The molecule has 1 aromatic heterocycles. The molecule has 0 saturated heterocycles. The lowest BCUT2D eigenvalue weighted by molar-refractivity contribution is -0.798. The number of halogens is 2. The smallest absolute Gasteiger partial charge is 0.202 e. The summed E-state index contributed by atoms with van der Waals surface area (Å²) in [7, 11) is 1.64. The molecular weight excluding hydrogens is 318 g/mol. The predicted octanol–water partition coefficient (Wildman–Crippen LogP) is 5.88. The summed E-state index contributed by atoms with van der Waals surface area (Å²) in [6.45, 7) is 13.8. The first kappa shape index (κ1) is 21.3. The van der Waals surface area contributed by atoms with Crippen LogP contribution < -0.4 is 4.57 Å². The molecule has 140 valence electrons. The minimum atomic E-state index is -1.63. The first-order valence-electron chi connectivity index (χ1n) is 9.47. The van der Waals surface area contributed by atoms with Crippen molar-refractivity contribution in [3.05, 3.63) is 42.0 Å². The third-order valence-corrected chi connectivity index (χ3v) is 5.27. The van der Waals surface area contributed by atoms with E-state index in [9.17, 15) is 4.39 Å². The Labute approximate surface area is 151 Å². The molecule has 0 bridgehead atoms. The minimum absolute atomic E-state index is 0.298. The zero-order chi connectivity index (χ0) is 19.4. The second kappa shape index (κ2) is 8.11. The number of alkyl halides is 1. The van der Waals surface area contributed by atoms with Gasteiger partial charge in [0.2, 0.25) is 0 Å². The minimum Gasteiger partial charge on any atom is -0.202 e. The Morgan fingerprint density at radius 2 is 1.60 bits per heavy atom. The molecule has 25 heavy (non-hydrogen) atoms. The molecule has 3 rings (SSSR count). The molecule has 0 fully saturated rings. The van der Waals surface area contributed by atoms with Crippen LogP contribution in [0.15, 0.2) is 30.5 Å². The summed E-state index contributed by atoms with van der Waals surface area (Å²) in [6.07, 6.45) is 2.24. The van der Waals surface area contributed by atoms with Crippen molar-refractivity contribution >= 4 is 0 Å². The van der Waals surface area contributed by atoms with Crippen molar-refractivity contribution < 1.29 is 13.3 Å². The fraction of sp³-hybridized carbons (Fsp3) is 0.571. The van der Waals surface area contributed by atoms with Gasteiger partial charge in [-0.1, -0.05) is 59.7 Å². The van der Waals surface area contributed by atoms with Gasteiger partial charge in [-0.15, -0.1) is 0 Å². The number of imidazole rings is 1. The average Bonchev–Trinajstić information content (AvgIpc) is 2.98. The Kier molecular flexibility index (Phi) is 6.92. The number of nitrogens with zero attached hydrogens (tertiary/aromatic N) is 2. The van der Waals surface area contributed by atoms with Crippen LogP contribution in [0.3, 0.4) is 0 Å². The quantitative estimate of drug-likeness (QED) is 0.597. The number of aromatic nitrogens is 2. The lowest BCUT2D eigenvalue weighted by Gasteiger charge is -2.43. The standard InChI is InChI=1S/C17H21F2N2.2C2H6/c1-5-16(3)13-10-8-7-9-12(13)15-20(4)14(18)11-21(15)17(16,19)6-2;2*1-2/h7-11H,5-6H2,1-4H3;2*1-2H3/q+1;;/t16?,17-;;/m1../s1. The highest BCUT2D eigenvalue weighted by Crippen LogP contribution is 2.50. The van der Waals surface area contributed by atoms with Gasteiger partial charge in [0.15, 0.2) is 6.20 Å². The zero-order valence-corrected chi connectivity index (χ0v) is 17.0. The van der Waals surface area contributed by atoms with E-state index in [1.54, 1.807) is 7.05 Å². The number of benzene rings is 1. The Hall–Kier alpha value is -1.71. The van der Waals surface area contributed by atoms with Crippen LogP contribution in [0.2, 0.25) is 0 Å². The zero-order valence-electron chi connectivity index (χ0n) is 17.0. The Bertz CT molecular complexity index is 708. The van der Waals surface area contributed by atoms with Crippen LogP contribution in [0.4, 0.5) is 8.78 Å². The Balaban J connectivity index is 0.000000730. The molecule has 0 N–H and O–H groups in total. The summed E-state index contributed by atoms with van der Waals surface area (Å²) < 4.78 is 33.0. The third-order valence-electron chi connectivity index (χ3n) is 5.27. The number of hydrogen-bond acceptors (Lipinski definition) is 0. The fourth-order valence-corrected chi connectivity index (χ4v) is 3.75. The molecule has 2 atom stereocenters. The van der Waals surface area contributed by atoms with Crippen LogP contribution in [0.25, 0.3) is 11.4 Å². The summed E-state index contributed by atoms with van der Waals surface area (Å²) >= 11 is 0. The predicted molar refractivity (Wildman–Crippen MR) is 101 cm³/mol. The van der Waals surface area contributed by atoms with Crippen molar-refractivity contribution in [3.8, 4) is 11.4 Å². The van der Waals surface area contributed by atoms with Crippen LogP contribution in [-0.2, 0) is 18.3 Å². The van der Waals surface area contributed by atoms with Gasteiger partial charge in [-0.3, -0.25) is 0 Å². The number of rotatable bonds is 2. The molecule has 4 heteroatoms. The van der Waals surface area contributed by atoms with Gasteiger partial charge in [0.1, 0.15) is 0 Å². The molecular formula is C21H33F2N2+. The summed E-state index contributed by atoms with van der Waals surface area (Å²) in [5.41, 5.74) is 1.19. The van der Waals surface area contributed by atoms with E-state index in [4.69, 9.17) is 0 Å². The van der Waals surface area contributed by atoms with Crippen molar-refractivity contribution in [1.29, 1.82) is 0 Å². The lowest BCUT2D eigenvalue weighted by atomic mass is 9.67. The van der Waals surface area contributed by atoms with Crippen molar-refractivity contribution in [2.24, 2.45) is 7.05 Å². The number of hydrogen-bond donors (Lipinski definition) is 0. The van der Waals surface area contributed by atoms with E-state index in [0.717, 1.165) is 11.1 Å². The second-order valence-corrected chi connectivity index (χ2v) is 6.05. The van der Waals surface area contributed by atoms with Crippen molar-refractivity contribution in [3.63, 3.8) is 0 Å². The highest BCUT2D eigenvalue weighted by atomic mass is 19.1. The van der Waals surface area contributed by atoms with Gasteiger partial charge in [0.25, 0.3) is 11.6 Å². The molecule has 0 aliphatic carbocycles. The highest BCUT2D eigenvalue weighted by Gasteiger charge is 2.59. The molecule has 0 spiro atoms. The van der Waals surface area contributed by atoms with Crippen molar-refractivity contribution in [2.75, 3.05) is 0 Å². The van der Waals surface area contributed by atoms with Crippen LogP contribution in [-0.4, -0.2) is 4.57 Å². The molecule has 1 aromatic carbocycles. The summed E-state index contributed by atoms with van der Waals surface area (Å²) in [6, 6.07) is 7.76. The van der Waals surface area contributed by atoms with Crippen molar-refractivity contribution in [2.45, 2.75) is 72.5 Å². The molecule has 0 saturated carbocycles. The van der Waals surface area contributed by atoms with Crippen LogP contribution >= 0.6 is 0 Å². The summed E-state index contributed by atoms with van der Waals surface area (Å²) in [5, 5.41) is 0. The number of fused-ring (bicyclic) bond motifs is 3. The van der Waals surface area contributed by atoms with Gasteiger partial charge in [-0.25, -0.2) is 4.57 Å². The second-order valence-electron chi connectivity index (χ2n) is 6.05. The van der Waals surface area contributed by atoms with E-state index in [1.807, 2.05) is 72.7 Å². The van der Waals surface area contributed by atoms with Gasteiger partial charge in [0, 0.05) is 6.42 Å². The summed E-state index contributed by atoms with van der Waals surface area (Å²) in [5.74, 6) is -1.46. The van der Waals surface area contributed by atoms with E-state index in [-0.39, 0.29) is 0 Å². The van der Waals surface area contributed by atoms with Crippen LogP contribution in [0, 0.1) is 5.95 Å². The average molecular weight is 352 g/mol. The van der Waals surface area contributed by atoms with Gasteiger partial charge in [-0.05, 0) is 25.0 Å². The van der Waals surface area contributed by atoms with E-state index in [1.165, 1.54) is 15.3 Å². The molecule has 2 heterocycles.